The van der Waals surface area contributed by atoms with Crippen LogP contribution in [0.15, 0.2) is 42.7 Å². The quantitative estimate of drug-likeness (QED) is 0.551. The number of likely N-dealkylation sites (N-methyl/N-ethyl adjacent to an activating group) is 1. The lowest BCUT2D eigenvalue weighted by atomic mass is 10.1. The standard InChI is InChI=1S/C27H34N8O2/c1-19-15-20(2)35(31-19)18-25(36)33-13-11-32(12-14-33)23-8-5-4-7-22(23)21-16-29-27(30-17-21)34-10-6-9-24(34)26(37)28-3/h4-5,7-8,15-17,24H,6,9-14,18H2,1-3H3,(H,28,37)/t24-/m0/s1. The number of benzene rings is 1. The first-order valence-electron chi connectivity index (χ1n) is 12.9. The molecule has 0 unspecified atom stereocenters. The van der Waals surface area contributed by atoms with Crippen molar-refractivity contribution in [3.05, 3.63) is 54.1 Å². The number of aryl methyl sites for hydroxylation is 2. The predicted molar refractivity (Wildman–Crippen MR) is 142 cm³/mol. The van der Waals surface area contributed by atoms with E-state index in [2.05, 4.69) is 37.4 Å². The van der Waals surface area contributed by atoms with Crippen LogP contribution >= 0.6 is 0 Å². The highest BCUT2D eigenvalue weighted by atomic mass is 16.2. The first-order valence-corrected chi connectivity index (χ1v) is 12.9. The van der Waals surface area contributed by atoms with Crippen LogP contribution < -0.4 is 15.1 Å². The third kappa shape index (κ3) is 5.14. The minimum Gasteiger partial charge on any atom is -0.367 e. The first kappa shape index (κ1) is 24.7. The molecule has 37 heavy (non-hydrogen) atoms. The van der Waals surface area contributed by atoms with Gasteiger partial charge in [0.25, 0.3) is 0 Å². The van der Waals surface area contributed by atoms with Crippen molar-refractivity contribution < 1.29 is 9.59 Å². The first-order chi connectivity index (χ1) is 17.9. The Balaban J connectivity index is 1.26. The van der Waals surface area contributed by atoms with Gasteiger partial charge in [-0.1, -0.05) is 18.2 Å². The lowest BCUT2D eigenvalue weighted by molar-refractivity contribution is -0.132. The summed E-state index contributed by atoms with van der Waals surface area (Å²) in [5.74, 6) is 0.685. The van der Waals surface area contributed by atoms with Crippen molar-refractivity contribution in [3.63, 3.8) is 0 Å². The van der Waals surface area contributed by atoms with Crippen LogP contribution in [-0.4, -0.2) is 82.3 Å². The molecule has 2 saturated heterocycles. The fourth-order valence-corrected chi connectivity index (χ4v) is 5.31. The maximum atomic E-state index is 12.9. The molecule has 4 heterocycles. The SMILES string of the molecule is CNC(=O)[C@@H]1CCCN1c1ncc(-c2ccccc2N2CCN(C(=O)Cn3nc(C)cc3C)CC2)cn1. The van der Waals surface area contributed by atoms with Gasteiger partial charge in [-0.15, -0.1) is 0 Å². The molecule has 2 amide bonds. The van der Waals surface area contributed by atoms with Crippen LogP contribution in [0.4, 0.5) is 11.6 Å². The highest BCUT2D eigenvalue weighted by molar-refractivity contribution is 5.85. The summed E-state index contributed by atoms with van der Waals surface area (Å²) in [6, 6.07) is 10.0. The number of nitrogens with zero attached hydrogens (tertiary/aromatic N) is 7. The summed E-state index contributed by atoms with van der Waals surface area (Å²) in [6.45, 7) is 7.80. The number of hydrogen-bond donors (Lipinski definition) is 1. The summed E-state index contributed by atoms with van der Waals surface area (Å²) in [5, 5.41) is 7.17. The van der Waals surface area contributed by atoms with Gasteiger partial charge in [-0.05, 0) is 38.8 Å². The summed E-state index contributed by atoms with van der Waals surface area (Å²) < 4.78 is 1.78. The molecule has 1 atom stereocenters. The molecule has 1 N–H and O–H groups in total. The number of para-hydroxylation sites is 1. The van der Waals surface area contributed by atoms with Gasteiger partial charge in [0.2, 0.25) is 17.8 Å². The molecule has 2 aliphatic heterocycles. The Hall–Kier alpha value is -3.95. The van der Waals surface area contributed by atoms with Gasteiger partial charge in [0, 0.05) is 74.7 Å². The Morgan fingerprint density at radius 1 is 1.03 bits per heavy atom. The fraction of sp³-hybridized carbons (Fsp3) is 0.444. The number of nitrogens with one attached hydrogen (secondary N) is 1. The van der Waals surface area contributed by atoms with Crippen molar-refractivity contribution in [1.29, 1.82) is 0 Å². The maximum absolute atomic E-state index is 12.9. The van der Waals surface area contributed by atoms with E-state index >= 15 is 0 Å². The Bertz CT molecular complexity index is 1260. The smallest absolute Gasteiger partial charge is 0.244 e. The highest BCUT2D eigenvalue weighted by Gasteiger charge is 2.32. The van der Waals surface area contributed by atoms with Crippen molar-refractivity contribution in [3.8, 4) is 11.1 Å². The lowest BCUT2D eigenvalue weighted by Gasteiger charge is -2.37. The van der Waals surface area contributed by atoms with E-state index in [1.54, 1.807) is 11.7 Å². The number of carbonyl (C=O) groups excluding carboxylic acids is 2. The highest BCUT2D eigenvalue weighted by Crippen LogP contribution is 2.32. The van der Waals surface area contributed by atoms with Gasteiger partial charge < -0.3 is 20.0 Å². The molecule has 194 valence electrons. The molecule has 2 fully saturated rings. The molecule has 0 saturated carbocycles. The van der Waals surface area contributed by atoms with Crippen LogP contribution in [0.3, 0.4) is 0 Å². The summed E-state index contributed by atoms with van der Waals surface area (Å²) in [6.07, 6.45) is 5.44. The summed E-state index contributed by atoms with van der Waals surface area (Å²) in [5.41, 5.74) is 5.02. The van der Waals surface area contributed by atoms with Crippen molar-refractivity contribution >= 4 is 23.5 Å². The van der Waals surface area contributed by atoms with Crippen LogP contribution in [0, 0.1) is 13.8 Å². The Kier molecular flexibility index (Phi) is 7.07. The molecule has 2 aliphatic rings. The zero-order valence-electron chi connectivity index (χ0n) is 21.7. The number of aromatic nitrogens is 4. The number of amides is 2. The van der Waals surface area contributed by atoms with Crippen LogP contribution in [-0.2, 0) is 16.1 Å². The molecular weight excluding hydrogens is 468 g/mol. The summed E-state index contributed by atoms with van der Waals surface area (Å²) >= 11 is 0. The van der Waals surface area contributed by atoms with E-state index in [4.69, 9.17) is 0 Å². The second kappa shape index (κ2) is 10.6. The Morgan fingerprint density at radius 2 is 1.76 bits per heavy atom. The summed E-state index contributed by atoms with van der Waals surface area (Å²) in [4.78, 5) is 40.6. The largest absolute Gasteiger partial charge is 0.367 e. The van der Waals surface area contributed by atoms with Crippen molar-refractivity contribution in [1.82, 2.24) is 30.0 Å². The molecule has 0 aliphatic carbocycles. The molecule has 0 bridgehead atoms. The van der Waals surface area contributed by atoms with Gasteiger partial charge in [-0.3, -0.25) is 14.3 Å². The molecule has 10 nitrogen and oxygen atoms in total. The van der Waals surface area contributed by atoms with Gasteiger partial charge in [-0.25, -0.2) is 9.97 Å². The normalized spacial score (nSPS) is 17.8. The van der Waals surface area contributed by atoms with E-state index in [0.29, 0.717) is 19.0 Å². The lowest BCUT2D eigenvalue weighted by Crippen LogP contribution is -2.49. The topological polar surface area (TPSA) is 99.5 Å². The fourth-order valence-electron chi connectivity index (χ4n) is 5.31. The number of hydrogen-bond acceptors (Lipinski definition) is 7. The average molecular weight is 503 g/mol. The van der Waals surface area contributed by atoms with E-state index in [0.717, 1.165) is 60.7 Å². The minimum atomic E-state index is -0.219. The number of anilines is 2. The molecule has 1 aromatic carbocycles. The van der Waals surface area contributed by atoms with Crippen molar-refractivity contribution in [2.24, 2.45) is 0 Å². The zero-order chi connectivity index (χ0) is 25.9. The van der Waals surface area contributed by atoms with Gasteiger partial charge in [-0.2, -0.15) is 5.10 Å². The van der Waals surface area contributed by atoms with Gasteiger partial charge in [0.15, 0.2) is 0 Å². The maximum Gasteiger partial charge on any atom is 0.244 e. The average Bonchev–Trinajstić information content (AvgIpc) is 3.54. The summed E-state index contributed by atoms with van der Waals surface area (Å²) in [7, 11) is 1.66. The molecule has 10 heteroatoms. The van der Waals surface area contributed by atoms with Crippen LogP contribution in [0.5, 0.6) is 0 Å². The Labute approximate surface area is 217 Å². The Morgan fingerprint density at radius 3 is 2.43 bits per heavy atom. The van der Waals surface area contributed by atoms with Crippen molar-refractivity contribution in [2.75, 3.05) is 49.6 Å². The van der Waals surface area contributed by atoms with E-state index in [1.807, 2.05) is 54.2 Å². The number of carbonyl (C=O) groups is 2. The van der Waals surface area contributed by atoms with Gasteiger partial charge >= 0.3 is 0 Å². The molecular formula is C27H34N8O2. The van der Waals surface area contributed by atoms with Gasteiger partial charge in [0.1, 0.15) is 12.6 Å². The molecule has 3 aromatic rings. The van der Waals surface area contributed by atoms with E-state index in [9.17, 15) is 9.59 Å². The van der Waals surface area contributed by atoms with E-state index < -0.39 is 0 Å². The third-order valence-electron chi connectivity index (χ3n) is 7.27. The molecule has 2 aromatic heterocycles. The number of rotatable bonds is 6. The van der Waals surface area contributed by atoms with Crippen LogP contribution in [0.25, 0.3) is 11.1 Å². The minimum absolute atomic E-state index is 0.00279. The molecule has 5 rings (SSSR count). The number of piperazine rings is 1. The molecule has 0 radical (unpaired) electrons. The van der Waals surface area contributed by atoms with Crippen LogP contribution in [0.1, 0.15) is 24.2 Å². The van der Waals surface area contributed by atoms with Crippen LogP contribution in [0.2, 0.25) is 0 Å². The predicted octanol–water partition coefficient (Wildman–Crippen LogP) is 2.02. The monoisotopic (exact) mass is 502 g/mol. The second-order valence-electron chi connectivity index (χ2n) is 9.71. The van der Waals surface area contributed by atoms with E-state index in [-0.39, 0.29) is 24.4 Å². The zero-order valence-corrected chi connectivity index (χ0v) is 21.7. The third-order valence-corrected chi connectivity index (χ3v) is 7.27. The van der Waals surface area contributed by atoms with Crippen molar-refractivity contribution in [2.45, 2.75) is 39.3 Å². The van der Waals surface area contributed by atoms with E-state index in [1.165, 1.54) is 0 Å². The molecule has 0 spiro atoms. The second-order valence-corrected chi connectivity index (χ2v) is 9.71. The van der Waals surface area contributed by atoms with Gasteiger partial charge in [0.05, 0.1) is 5.69 Å².